The number of benzene rings is 3. The largest absolute Gasteiger partial charge is 0.484 e. The predicted molar refractivity (Wildman–Crippen MR) is 136 cm³/mol. The molecule has 0 spiro atoms. The number of ether oxygens (including phenoxy) is 1. The average Bonchev–Trinajstić information content (AvgIpc) is 2.85. The molecule has 0 radical (unpaired) electrons. The summed E-state index contributed by atoms with van der Waals surface area (Å²) in [5.74, 6) is 0.264. The van der Waals surface area contributed by atoms with Gasteiger partial charge in [0.1, 0.15) is 11.8 Å². The molecule has 5 heteroatoms. The molecule has 0 saturated heterocycles. The number of hydrogen-bond donors (Lipinski definition) is 1. The van der Waals surface area contributed by atoms with Gasteiger partial charge in [0.25, 0.3) is 5.91 Å². The Hall–Kier alpha value is -3.60. The number of rotatable bonds is 11. The number of nitrogens with one attached hydrogen (secondary N) is 1. The predicted octanol–water partition coefficient (Wildman–Crippen LogP) is 4.85. The van der Waals surface area contributed by atoms with Crippen molar-refractivity contribution in [3.63, 3.8) is 0 Å². The molecule has 3 aromatic rings. The van der Waals surface area contributed by atoms with E-state index < -0.39 is 6.04 Å². The Balaban J connectivity index is 1.90. The van der Waals surface area contributed by atoms with Crippen LogP contribution in [0.15, 0.2) is 78.9 Å². The average molecular weight is 459 g/mol. The van der Waals surface area contributed by atoms with Gasteiger partial charge in [-0.05, 0) is 54.7 Å². The van der Waals surface area contributed by atoms with E-state index >= 15 is 0 Å². The van der Waals surface area contributed by atoms with Crippen molar-refractivity contribution in [2.45, 2.75) is 46.2 Å². The maximum absolute atomic E-state index is 13.5. The van der Waals surface area contributed by atoms with Gasteiger partial charge in [0.05, 0.1) is 0 Å². The molecule has 1 atom stereocenters. The summed E-state index contributed by atoms with van der Waals surface area (Å²) in [5, 5.41) is 3.00. The minimum Gasteiger partial charge on any atom is -0.484 e. The van der Waals surface area contributed by atoms with Gasteiger partial charge in [-0.2, -0.15) is 0 Å². The third-order valence-corrected chi connectivity index (χ3v) is 5.77. The van der Waals surface area contributed by atoms with E-state index in [1.54, 1.807) is 4.90 Å². The maximum Gasteiger partial charge on any atom is 0.261 e. The first-order chi connectivity index (χ1) is 16.5. The summed E-state index contributed by atoms with van der Waals surface area (Å²) < 4.78 is 5.84. The van der Waals surface area contributed by atoms with Gasteiger partial charge in [-0.1, -0.05) is 73.7 Å². The van der Waals surface area contributed by atoms with Gasteiger partial charge >= 0.3 is 0 Å². The van der Waals surface area contributed by atoms with Crippen molar-refractivity contribution in [3.05, 3.63) is 101 Å². The summed E-state index contributed by atoms with van der Waals surface area (Å²) in [7, 11) is 0. The highest BCUT2D eigenvalue weighted by Gasteiger charge is 2.30. The number of aryl methyl sites for hydroxylation is 2. The number of nitrogens with zero attached hydrogens (tertiary/aromatic N) is 1. The molecule has 2 amide bonds. The first-order valence-corrected chi connectivity index (χ1v) is 11.8. The minimum absolute atomic E-state index is 0.137. The van der Waals surface area contributed by atoms with Crippen LogP contribution in [-0.2, 0) is 22.6 Å². The van der Waals surface area contributed by atoms with Gasteiger partial charge < -0.3 is 15.0 Å². The fourth-order valence-corrected chi connectivity index (χ4v) is 3.82. The summed E-state index contributed by atoms with van der Waals surface area (Å²) in [6.07, 6.45) is 1.25. The lowest BCUT2D eigenvalue weighted by molar-refractivity contribution is -0.142. The molecule has 0 aromatic heterocycles. The molecule has 0 aliphatic carbocycles. The second-order valence-corrected chi connectivity index (χ2v) is 8.55. The quantitative estimate of drug-likeness (QED) is 0.447. The summed E-state index contributed by atoms with van der Waals surface area (Å²) in [6, 6.07) is 24.7. The number of carbonyl (C=O) groups is 2. The van der Waals surface area contributed by atoms with E-state index in [9.17, 15) is 9.59 Å². The SMILES string of the molecule is CCCNC(=O)[C@H](Cc1ccccc1)N(Cc1ccccc1C)C(=O)COc1cccc(C)c1. The van der Waals surface area contributed by atoms with Crippen LogP contribution in [-0.4, -0.2) is 35.9 Å². The molecule has 0 heterocycles. The van der Waals surface area contributed by atoms with Gasteiger partial charge in [0.15, 0.2) is 6.61 Å². The molecule has 0 fully saturated rings. The van der Waals surface area contributed by atoms with Crippen LogP contribution in [0.4, 0.5) is 0 Å². The molecule has 0 bridgehead atoms. The smallest absolute Gasteiger partial charge is 0.261 e. The molecular weight excluding hydrogens is 424 g/mol. The lowest BCUT2D eigenvalue weighted by Gasteiger charge is -2.32. The topological polar surface area (TPSA) is 58.6 Å². The molecule has 3 rings (SSSR count). The van der Waals surface area contributed by atoms with Crippen LogP contribution in [0.2, 0.25) is 0 Å². The van der Waals surface area contributed by atoms with E-state index in [2.05, 4.69) is 5.32 Å². The Morgan fingerprint density at radius 1 is 0.941 bits per heavy atom. The summed E-state index contributed by atoms with van der Waals surface area (Å²) >= 11 is 0. The van der Waals surface area contributed by atoms with Crippen LogP contribution in [0.25, 0.3) is 0 Å². The Kier molecular flexibility index (Phi) is 9.27. The number of hydrogen-bond acceptors (Lipinski definition) is 3. The molecule has 1 N–H and O–H groups in total. The van der Waals surface area contributed by atoms with Crippen molar-refractivity contribution in [2.24, 2.45) is 0 Å². The molecule has 0 saturated carbocycles. The standard InChI is InChI=1S/C29H34N2O3/c1-4-17-30-29(33)27(19-24-13-6-5-7-14-24)31(20-25-15-9-8-12-23(25)3)28(32)21-34-26-16-10-11-22(2)18-26/h5-16,18,27H,4,17,19-21H2,1-3H3,(H,30,33)/t27-/m0/s1. The van der Waals surface area contributed by atoms with Gasteiger partial charge in [-0.25, -0.2) is 0 Å². The van der Waals surface area contributed by atoms with Gasteiger partial charge in [-0.15, -0.1) is 0 Å². The van der Waals surface area contributed by atoms with Crippen molar-refractivity contribution in [2.75, 3.05) is 13.2 Å². The number of carbonyl (C=O) groups excluding carboxylic acids is 2. The van der Waals surface area contributed by atoms with Crippen LogP contribution >= 0.6 is 0 Å². The molecular formula is C29H34N2O3. The highest BCUT2D eigenvalue weighted by atomic mass is 16.5. The first kappa shape index (κ1) is 25.0. The van der Waals surface area contributed by atoms with Gasteiger partial charge in [0, 0.05) is 19.5 Å². The van der Waals surface area contributed by atoms with Crippen LogP contribution in [0.3, 0.4) is 0 Å². The molecule has 34 heavy (non-hydrogen) atoms. The highest BCUT2D eigenvalue weighted by molar-refractivity contribution is 5.88. The molecule has 3 aromatic carbocycles. The minimum atomic E-state index is -0.651. The Labute approximate surface area is 202 Å². The second-order valence-electron chi connectivity index (χ2n) is 8.55. The van der Waals surface area contributed by atoms with Crippen LogP contribution < -0.4 is 10.1 Å². The zero-order valence-corrected chi connectivity index (χ0v) is 20.3. The van der Waals surface area contributed by atoms with Crippen molar-refractivity contribution >= 4 is 11.8 Å². The van der Waals surface area contributed by atoms with Crippen LogP contribution in [0, 0.1) is 13.8 Å². The normalized spacial score (nSPS) is 11.5. The van der Waals surface area contributed by atoms with Gasteiger partial charge in [-0.3, -0.25) is 9.59 Å². The first-order valence-electron chi connectivity index (χ1n) is 11.8. The van der Waals surface area contributed by atoms with E-state index in [1.807, 2.05) is 99.6 Å². The third-order valence-electron chi connectivity index (χ3n) is 5.77. The lowest BCUT2D eigenvalue weighted by Crippen LogP contribution is -2.51. The summed E-state index contributed by atoms with van der Waals surface area (Å²) in [6.45, 7) is 6.77. The van der Waals surface area contributed by atoms with E-state index in [1.165, 1.54) is 0 Å². The van der Waals surface area contributed by atoms with E-state index in [-0.39, 0.29) is 18.4 Å². The molecule has 178 valence electrons. The van der Waals surface area contributed by atoms with E-state index in [0.29, 0.717) is 25.3 Å². The Morgan fingerprint density at radius 3 is 2.38 bits per heavy atom. The summed E-state index contributed by atoms with van der Waals surface area (Å²) in [5.41, 5.74) is 4.14. The third kappa shape index (κ3) is 7.20. The zero-order chi connectivity index (χ0) is 24.3. The van der Waals surface area contributed by atoms with E-state index in [4.69, 9.17) is 4.74 Å². The van der Waals surface area contributed by atoms with Crippen LogP contribution in [0.1, 0.15) is 35.6 Å². The molecule has 5 nitrogen and oxygen atoms in total. The van der Waals surface area contributed by atoms with Gasteiger partial charge in [0.2, 0.25) is 5.91 Å². The van der Waals surface area contributed by atoms with Crippen molar-refractivity contribution in [1.82, 2.24) is 10.2 Å². The fraction of sp³-hybridized carbons (Fsp3) is 0.310. The zero-order valence-electron chi connectivity index (χ0n) is 20.3. The summed E-state index contributed by atoms with van der Waals surface area (Å²) in [4.78, 5) is 28.5. The van der Waals surface area contributed by atoms with Crippen molar-refractivity contribution < 1.29 is 14.3 Å². The van der Waals surface area contributed by atoms with Crippen molar-refractivity contribution in [3.8, 4) is 5.75 Å². The van der Waals surface area contributed by atoms with Crippen LogP contribution in [0.5, 0.6) is 5.75 Å². The maximum atomic E-state index is 13.5. The van der Waals surface area contributed by atoms with Crippen molar-refractivity contribution in [1.29, 1.82) is 0 Å². The molecule has 0 aliphatic rings. The Bertz CT molecular complexity index is 1080. The fourth-order valence-electron chi connectivity index (χ4n) is 3.82. The second kappa shape index (κ2) is 12.6. The lowest BCUT2D eigenvalue weighted by atomic mass is 10.0. The monoisotopic (exact) mass is 458 g/mol. The Morgan fingerprint density at radius 2 is 1.68 bits per heavy atom. The molecule has 0 aliphatic heterocycles. The van der Waals surface area contributed by atoms with E-state index in [0.717, 1.165) is 28.7 Å². The highest BCUT2D eigenvalue weighted by Crippen LogP contribution is 2.18. The number of amides is 2. The molecule has 0 unspecified atom stereocenters.